The minimum atomic E-state index is -0.154. The summed E-state index contributed by atoms with van der Waals surface area (Å²) in [6.07, 6.45) is 1.59. The van der Waals surface area contributed by atoms with Gasteiger partial charge in [-0.3, -0.25) is 0 Å². The normalized spacial score (nSPS) is 21.5. The van der Waals surface area contributed by atoms with Gasteiger partial charge in [-0.15, -0.1) is 5.11 Å². The van der Waals surface area contributed by atoms with Crippen LogP contribution in [0.15, 0.2) is 21.6 Å². The van der Waals surface area contributed by atoms with Gasteiger partial charge in [0, 0.05) is 0 Å². The summed E-state index contributed by atoms with van der Waals surface area (Å²) in [5, 5.41) is 16.2. The number of nitrogens with zero attached hydrogens (tertiary/aromatic N) is 3. The quantitative estimate of drug-likeness (QED) is 0.626. The van der Waals surface area contributed by atoms with Crippen LogP contribution in [0.4, 0.5) is 0 Å². The molecule has 1 aliphatic rings. The molecule has 0 aromatic carbocycles. The third kappa shape index (κ3) is 1.60. The average Bonchev–Trinajstić information content (AvgIpc) is 2.43. The van der Waals surface area contributed by atoms with Gasteiger partial charge >= 0.3 is 0 Å². The molecule has 0 saturated carbocycles. The van der Waals surface area contributed by atoms with E-state index in [1.807, 2.05) is 6.07 Å². The largest absolute Gasteiger partial charge is 0.381 e. The Morgan fingerprint density at radius 2 is 2.33 bits per heavy atom. The fourth-order valence-corrected chi connectivity index (χ4v) is 1.06. The zero-order chi connectivity index (χ0) is 8.97. The topological polar surface area (TPSA) is 101 Å². The Hall–Kier alpha value is -1.41. The van der Waals surface area contributed by atoms with Crippen molar-refractivity contribution in [3.8, 4) is 6.07 Å². The minimum Gasteiger partial charge on any atom is -0.381 e. The van der Waals surface area contributed by atoms with Crippen LogP contribution in [-0.2, 0) is 0 Å². The standard InChI is InChI=1S/C7H11N5/c8-3-1-2-6-5(4-9)7(10)12-11-6/h6H,1-3,8,10H2/t6-/m0/s1. The number of nitrogens with two attached hydrogens (primary N) is 2. The maximum Gasteiger partial charge on any atom is 0.161 e. The van der Waals surface area contributed by atoms with E-state index in [0.717, 1.165) is 12.8 Å². The van der Waals surface area contributed by atoms with Crippen molar-refractivity contribution in [2.75, 3.05) is 6.54 Å². The van der Waals surface area contributed by atoms with Gasteiger partial charge in [0.15, 0.2) is 5.82 Å². The van der Waals surface area contributed by atoms with E-state index in [1.54, 1.807) is 0 Å². The summed E-state index contributed by atoms with van der Waals surface area (Å²) in [7, 11) is 0. The molecule has 0 fully saturated rings. The number of hydrogen-bond donors (Lipinski definition) is 2. The van der Waals surface area contributed by atoms with Crippen molar-refractivity contribution >= 4 is 0 Å². The molecule has 5 heteroatoms. The molecule has 1 aliphatic heterocycles. The highest BCUT2D eigenvalue weighted by molar-refractivity contribution is 5.33. The van der Waals surface area contributed by atoms with Crippen molar-refractivity contribution in [1.29, 1.82) is 5.26 Å². The molecule has 0 spiro atoms. The van der Waals surface area contributed by atoms with E-state index in [1.165, 1.54) is 0 Å². The predicted octanol–water partition coefficient (Wildman–Crippen LogP) is 0.254. The molecule has 1 atom stereocenters. The number of nitriles is 1. The molecule has 4 N–H and O–H groups in total. The van der Waals surface area contributed by atoms with Crippen LogP contribution in [0.3, 0.4) is 0 Å². The second kappa shape index (κ2) is 3.83. The van der Waals surface area contributed by atoms with Gasteiger partial charge in [0.25, 0.3) is 0 Å². The second-order valence-electron chi connectivity index (χ2n) is 2.57. The van der Waals surface area contributed by atoms with Crippen LogP contribution in [0.25, 0.3) is 0 Å². The maximum atomic E-state index is 8.67. The first kappa shape index (κ1) is 8.68. The van der Waals surface area contributed by atoms with E-state index >= 15 is 0 Å². The molecule has 0 radical (unpaired) electrons. The molecule has 0 unspecified atom stereocenters. The van der Waals surface area contributed by atoms with Crippen molar-refractivity contribution < 1.29 is 0 Å². The maximum absolute atomic E-state index is 8.67. The lowest BCUT2D eigenvalue weighted by Crippen LogP contribution is -2.10. The molecule has 64 valence electrons. The summed E-state index contributed by atoms with van der Waals surface area (Å²) in [6, 6.07) is 1.84. The Kier molecular flexibility index (Phi) is 2.77. The van der Waals surface area contributed by atoms with E-state index in [-0.39, 0.29) is 11.9 Å². The first-order valence-corrected chi connectivity index (χ1v) is 3.80. The number of azo groups is 1. The molecule has 0 bridgehead atoms. The van der Waals surface area contributed by atoms with Crippen LogP contribution in [-0.4, -0.2) is 12.6 Å². The Balaban J connectivity index is 2.59. The van der Waals surface area contributed by atoms with Crippen molar-refractivity contribution in [1.82, 2.24) is 0 Å². The Bertz CT molecular complexity index is 259. The summed E-state index contributed by atoms with van der Waals surface area (Å²) in [5.41, 5.74) is 11.2. The molecule has 1 rings (SSSR count). The van der Waals surface area contributed by atoms with E-state index in [9.17, 15) is 0 Å². The Labute approximate surface area is 70.8 Å². The highest BCUT2D eigenvalue weighted by Crippen LogP contribution is 2.21. The fourth-order valence-electron chi connectivity index (χ4n) is 1.06. The summed E-state index contributed by atoms with van der Waals surface area (Å²) >= 11 is 0. The van der Waals surface area contributed by atoms with E-state index in [2.05, 4.69) is 10.2 Å². The summed E-state index contributed by atoms with van der Waals surface area (Å²) in [6.45, 7) is 0.602. The molecule has 0 aliphatic carbocycles. The predicted molar refractivity (Wildman–Crippen MR) is 43.8 cm³/mol. The molecule has 0 saturated heterocycles. The first-order chi connectivity index (χ1) is 5.79. The number of rotatable bonds is 3. The molecular formula is C7H11N5. The van der Waals surface area contributed by atoms with Crippen LogP contribution in [0, 0.1) is 11.3 Å². The second-order valence-corrected chi connectivity index (χ2v) is 2.57. The van der Waals surface area contributed by atoms with Crippen LogP contribution >= 0.6 is 0 Å². The zero-order valence-corrected chi connectivity index (χ0v) is 6.70. The minimum absolute atomic E-state index is 0.154. The average molecular weight is 165 g/mol. The van der Waals surface area contributed by atoms with Gasteiger partial charge in [-0.05, 0) is 19.4 Å². The summed E-state index contributed by atoms with van der Waals surface area (Å²) in [5.74, 6) is 0.250. The zero-order valence-electron chi connectivity index (χ0n) is 6.70. The smallest absolute Gasteiger partial charge is 0.161 e. The van der Waals surface area contributed by atoms with Crippen LogP contribution in [0.1, 0.15) is 12.8 Å². The number of hydrogen-bond acceptors (Lipinski definition) is 5. The van der Waals surface area contributed by atoms with E-state index in [4.69, 9.17) is 16.7 Å². The van der Waals surface area contributed by atoms with Crippen molar-refractivity contribution in [2.45, 2.75) is 18.9 Å². The van der Waals surface area contributed by atoms with Crippen molar-refractivity contribution in [2.24, 2.45) is 21.7 Å². The molecule has 5 nitrogen and oxygen atoms in total. The van der Waals surface area contributed by atoms with Gasteiger partial charge in [0.05, 0.1) is 5.57 Å². The highest BCUT2D eigenvalue weighted by atomic mass is 15.2. The van der Waals surface area contributed by atoms with Crippen LogP contribution < -0.4 is 11.5 Å². The third-order valence-corrected chi connectivity index (χ3v) is 1.72. The fraction of sp³-hybridized carbons (Fsp3) is 0.571. The molecule has 12 heavy (non-hydrogen) atoms. The van der Waals surface area contributed by atoms with Crippen LogP contribution in [0.5, 0.6) is 0 Å². The molecule has 0 aromatic rings. The molecule has 1 heterocycles. The van der Waals surface area contributed by atoms with Gasteiger partial charge in [-0.1, -0.05) is 0 Å². The lowest BCUT2D eigenvalue weighted by molar-refractivity contribution is 0.656. The molecule has 0 amide bonds. The lowest BCUT2D eigenvalue weighted by Gasteiger charge is -2.02. The van der Waals surface area contributed by atoms with Crippen LogP contribution in [0.2, 0.25) is 0 Å². The van der Waals surface area contributed by atoms with E-state index in [0.29, 0.717) is 12.1 Å². The van der Waals surface area contributed by atoms with Gasteiger partial charge in [0.2, 0.25) is 0 Å². The summed E-state index contributed by atoms with van der Waals surface area (Å²) in [4.78, 5) is 0. The Morgan fingerprint density at radius 3 is 2.92 bits per heavy atom. The first-order valence-electron chi connectivity index (χ1n) is 3.80. The van der Waals surface area contributed by atoms with E-state index < -0.39 is 0 Å². The van der Waals surface area contributed by atoms with Gasteiger partial charge in [0.1, 0.15) is 12.1 Å². The lowest BCUT2D eigenvalue weighted by atomic mass is 10.1. The van der Waals surface area contributed by atoms with Gasteiger partial charge in [-0.25, -0.2) is 0 Å². The monoisotopic (exact) mass is 165 g/mol. The highest BCUT2D eigenvalue weighted by Gasteiger charge is 2.21. The third-order valence-electron chi connectivity index (χ3n) is 1.72. The molecule has 0 aromatic heterocycles. The van der Waals surface area contributed by atoms with Gasteiger partial charge in [-0.2, -0.15) is 10.4 Å². The van der Waals surface area contributed by atoms with Crippen molar-refractivity contribution in [3.63, 3.8) is 0 Å². The Morgan fingerprint density at radius 1 is 1.58 bits per heavy atom. The molecular weight excluding hydrogens is 154 g/mol. The van der Waals surface area contributed by atoms with Gasteiger partial charge < -0.3 is 11.5 Å². The SMILES string of the molecule is N#CC1=C(N)N=N[C@H]1CCCN. The van der Waals surface area contributed by atoms with Crippen molar-refractivity contribution in [3.05, 3.63) is 11.4 Å². The summed E-state index contributed by atoms with van der Waals surface area (Å²) < 4.78 is 0.